The lowest BCUT2D eigenvalue weighted by molar-refractivity contribution is 1.13. The second kappa shape index (κ2) is 4.57. The summed E-state index contributed by atoms with van der Waals surface area (Å²) in [5.74, 6) is 6.14. The SMILES string of the molecule is CCC#Cc1ccc(N(C)C)cc1. The smallest absolute Gasteiger partial charge is 0.0361 e. The quantitative estimate of drug-likeness (QED) is 0.590. The molecule has 0 amide bonds. The summed E-state index contributed by atoms with van der Waals surface area (Å²) in [6, 6.07) is 8.27. The standard InChI is InChI=1S/C12H15N/c1-4-5-6-11-7-9-12(10-8-11)13(2)3/h7-10H,4H2,1-3H3. The molecule has 0 atom stereocenters. The third-order valence-electron chi connectivity index (χ3n) is 1.79. The van der Waals surface area contributed by atoms with Gasteiger partial charge in [-0.3, -0.25) is 0 Å². The first-order valence-electron chi connectivity index (χ1n) is 4.50. The number of nitrogens with zero attached hydrogens (tertiary/aromatic N) is 1. The van der Waals surface area contributed by atoms with Gasteiger partial charge in [-0.1, -0.05) is 18.8 Å². The van der Waals surface area contributed by atoms with Crippen molar-refractivity contribution in [3.8, 4) is 11.8 Å². The Bertz CT molecular complexity index is 311. The van der Waals surface area contributed by atoms with Crippen LogP contribution in [0.5, 0.6) is 0 Å². The van der Waals surface area contributed by atoms with Crippen LogP contribution in [-0.2, 0) is 0 Å². The van der Waals surface area contributed by atoms with E-state index in [-0.39, 0.29) is 0 Å². The second-order valence-electron chi connectivity index (χ2n) is 3.10. The summed E-state index contributed by atoms with van der Waals surface area (Å²) in [7, 11) is 4.07. The summed E-state index contributed by atoms with van der Waals surface area (Å²) < 4.78 is 0. The molecule has 0 aliphatic heterocycles. The molecule has 0 N–H and O–H groups in total. The fourth-order valence-electron chi connectivity index (χ4n) is 1.03. The molecular weight excluding hydrogens is 158 g/mol. The summed E-state index contributed by atoms with van der Waals surface area (Å²) in [6.45, 7) is 2.06. The van der Waals surface area contributed by atoms with E-state index in [1.807, 2.05) is 14.1 Å². The van der Waals surface area contributed by atoms with Crippen molar-refractivity contribution in [2.24, 2.45) is 0 Å². The summed E-state index contributed by atoms with van der Waals surface area (Å²) >= 11 is 0. The van der Waals surface area contributed by atoms with Gasteiger partial charge in [0.2, 0.25) is 0 Å². The lowest BCUT2D eigenvalue weighted by atomic mass is 10.2. The van der Waals surface area contributed by atoms with Gasteiger partial charge in [0.15, 0.2) is 0 Å². The molecule has 1 nitrogen and oxygen atoms in total. The van der Waals surface area contributed by atoms with Crippen molar-refractivity contribution in [1.29, 1.82) is 0 Å². The van der Waals surface area contributed by atoms with E-state index in [9.17, 15) is 0 Å². The molecule has 0 aliphatic rings. The lowest BCUT2D eigenvalue weighted by Crippen LogP contribution is -2.07. The number of rotatable bonds is 1. The molecule has 1 rings (SSSR count). The first-order chi connectivity index (χ1) is 6.24. The van der Waals surface area contributed by atoms with E-state index in [4.69, 9.17) is 0 Å². The van der Waals surface area contributed by atoms with Gasteiger partial charge in [-0.15, -0.1) is 0 Å². The van der Waals surface area contributed by atoms with Crippen LogP contribution in [0.3, 0.4) is 0 Å². The van der Waals surface area contributed by atoms with Crippen LogP contribution in [0.25, 0.3) is 0 Å². The molecule has 0 spiro atoms. The van der Waals surface area contributed by atoms with E-state index in [1.54, 1.807) is 0 Å². The first-order valence-corrected chi connectivity index (χ1v) is 4.50. The first kappa shape index (κ1) is 9.67. The molecule has 0 heterocycles. The second-order valence-corrected chi connectivity index (χ2v) is 3.10. The van der Waals surface area contributed by atoms with Gasteiger partial charge in [0.05, 0.1) is 0 Å². The minimum absolute atomic E-state index is 0.912. The maximum Gasteiger partial charge on any atom is 0.0361 e. The molecule has 68 valence electrons. The van der Waals surface area contributed by atoms with Crippen LogP contribution in [0.15, 0.2) is 24.3 Å². The Balaban J connectivity index is 2.81. The summed E-state index contributed by atoms with van der Waals surface area (Å²) in [5, 5.41) is 0. The molecule has 1 aromatic rings. The highest BCUT2D eigenvalue weighted by atomic mass is 15.1. The topological polar surface area (TPSA) is 3.24 Å². The van der Waals surface area contributed by atoms with E-state index in [1.165, 1.54) is 5.69 Å². The summed E-state index contributed by atoms with van der Waals surface area (Å²) in [6.07, 6.45) is 0.912. The molecule has 0 radical (unpaired) electrons. The zero-order chi connectivity index (χ0) is 9.68. The van der Waals surface area contributed by atoms with Crippen LogP contribution in [0.2, 0.25) is 0 Å². The molecule has 0 bridgehead atoms. The summed E-state index contributed by atoms with van der Waals surface area (Å²) in [4.78, 5) is 2.08. The maximum atomic E-state index is 3.09. The van der Waals surface area contributed by atoms with Crippen LogP contribution in [0.1, 0.15) is 18.9 Å². The van der Waals surface area contributed by atoms with Crippen LogP contribution >= 0.6 is 0 Å². The zero-order valence-corrected chi connectivity index (χ0v) is 8.46. The molecular formula is C12H15N. The van der Waals surface area contributed by atoms with Gasteiger partial charge >= 0.3 is 0 Å². The Kier molecular flexibility index (Phi) is 3.40. The van der Waals surface area contributed by atoms with Gasteiger partial charge in [-0.25, -0.2) is 0 Å². The molecule has 0 saturated heterocycles. The molecule has 0 saturated carbocycles. The average molecular weight is 173 g/mol. The molecule has 0 aromatic heterocycles. The van der Waals surface area contributed by atoms with Crippen molar-refractivity contribution in [3.63, 3.8) is 0 Å². The largest absolute Gasteiger partial charge is 0.378 e. The fraction of sp³-hybridized carbons (Fsp3) is 0.333. The third kappa shape index (κ3) is 2.83. The monoisotopic (exact) mass is 173 g/mol. The third-order valence-corrected chi connectivity index (χ3v) is 1.79. The number of hydrogen-bond acceptors (Lipinski definition) is 1. The van der Waals surface area contributed by atoms with Crippen LogP contribution in [0.4, 0.5) is 5.69 Å². The minimum Gasteiger partial charge on any atom is -0.378 e. The van der Waals surface area contributed by atoms with E-state index in [0.717, 1.165) is 12.0 Å². The fourth-order valence-corrected chi connectivity index (χ4v) is 1.03. The van der Waals surface area contributed by atoms with Gasteiger partial charge in [0.1, 0.15) is 0 Å². The highest BCUT2D eigenvalue weighted by molar-refractivity contribution is 5.49. The van der Waals surface area contributed by atoms with Crippen LogP contribution < -0.4 is 4.90 Å². The number of hydrogen-bond donors (Lipinski definition) is 0. The lowest BCUT2D eigenvalue weighted by Gasteiger charge is -2.11. The van der Waals surface area contributed by atoms with E-state index in [2.05, 4.69) is 47.9 Å². The van der Waals surface area contributed by atoms with Crippen molar-refractivity contribution >= 4 is 5.69 Å². The Labute approximate surface area is 80.4 Å². The van der Waals surface area contributed by atoms with Gasteiger partial charge in [0, 0.05) is 31.8 Å². The van der Waals surface area contributed by atoms with Crippen molar-refractivity contribution < 1.29 is 0 Å². The van der Waals surface area contributed by atoms with Crippen molar-refractivity contribution in [1.82, 2.24) is 0 Å². The molecule has 1 heteroatoms. The van der Waals surface area contributed by atoms with Crippen LogP contribution in [0, 0.1) is 11.8 Å². The van der Waals surface area contributed by atoms with Crippen molar-refractivity contribution in [2.45, 2.75) is 13.3 Å². The highest BCUT2D eigenvalue weighted by Gasteiger charge is 1.92. The number of benzene rings is 1. The Morgan fingerprint density at radius 3 is 2.23 bits per heavy atom. The van der Waals surface area contributed by atoms with Crippen molar-refractivity contribution in [3.05, 3.63) is 29.8 Å². The predicted molar refractivity (Wildman–Crippen MR) is 57.9 cm³/mol. The Morgan fingerprint density at radius 2 is 1.77 bits per heavy atom. The van der Waals surface area contributed by atoms with Gasteiger partial charge in [-0.2, -0.15) is 0 Å². The van der Waals surface area contributed by atoms with E-state index >= 15 is 0 Å². The maximum absolute atomic E-state index is 3.09. The van der Waals surface area contributed by atoms with Gasteiger partial charge < -0.3 is 4.90 Å². The molecule has 0 unspecified atom stereocenters. The zero-order valence-electron chi connectivity index (χ0n) is 8.46. The van der Waals surface area contributed by atoms with E-state index in [0.29, 0.717) is 0 Å². The molecule has 1 aromatic carbocycles. The van der Waals surface area contributed by atoms with Crippen molar-refractivity contribution in [2.75, 3.05) is 19.0 Å². The Morgan fingerprint density at radius 1 is 1.15 bits per heavy atom. The normalized spacial score (nSPS) is 8.85. The molecule has 13 heavy (non-hydrogen) atoms. The Hall–Kier alpha value is -1.42. The number of anilines is 1. The predicted octanol–water partition coefficient (Wildman–Crippen LogP) is 2.51. The van der Waals surface area contributed by atoms with Gasteiger partial charge in [-0.05, 0) is 24.3 Å². The van der Waals surface area contributed by atoms with Gasteiger partial charge in [0.25, 0.3) is 0 Å². The molecule has 0 fully saturated rings. The minimum atomic E-state index is 0.912. The average Bonchev–Trinajstić information content (AvgIpc) is 2.15. The highest BCUT2D eigenvalue weighted by Crippen LogP contribution is 2.11. The van der Waals surface area contributed by atoms with E-state index < -0.39 is 0 Å². The summed E-state index contributed by atoms with van der Waals surface area (Å²) in [5.41, 5.74) is 2.30. The molecule has 0 aliphatic carbocycles. The van der Waals surface area contributed by atoms with Crippen LogP contribution in [-0.4, -0.2) is 14.1 Å².